The Labute approximate surface area is 456 Å². The second kappa shape index (κ2) is 34.9. The number of carbonyl (C=O) groups excluding carboxylic acids is 6. The highest BCUT2D eigenvalue weighted by Crippen LogP contribution is 2.29. The number of cyclic esters (lactones) is 1. The average Bonchev–Trinajstić information content (AvgIpc) is 3.37. The number of aliphatic hydroxyl groups is 7. The molecule has 0 saturated carbocycles. The first-order valence-electron chi connectivity index (χ1n) is 26.6. The highest BCUT2D eigenvalue weighted by Gasteiger charge is 2.44. The molecule has 78 heavy (non-hydrogen) atoms. The van der Waals surface area contributed by atoms with Crippen molar-refractivity contribution in [2.45, 2.75) is 178 Å². The number of carboxylic acid groups (broad SMARTS) is 1. The summed E-state index contributed by atoms with van der Waals surface area (Å²) in [4.78, 5) is 89.6. The topological polar surface area (TPSA) is 335 Å². The van der Waals surface area contributed by atoms with Gasteiger partial charge in [-0.05, 0) is 75.1 Å². The van der Waals surface area contributed by atoms with Gasteiger partial charge in [0.2, 0.25) is 0 Å². The van der Waals surface area contributed by atoms with Gasteiger partial charge >= 0.3 is 11.9 Å². The third-order valence-electron chi connectivity index (χ3n) is 13.6. The number of aliphatic carboxylic acids is 1. The molecule has 19 nitrogen and oxygen atoms in total. The second-order valence-electron chi connectivity index (χ2n) is 20.4. The van der Waals surface area contributed by atoms with Crippen LogP contribution in [0, 0.1) is 23.7 Å². The fourth-order valence-corrected chi connectivity index (χ4v) is 9.11. The number of ketones is 5. The molecule has 1 fully saturated rings. The minimum Gasteiger partial charge on any atom is -0.481 e. The van der Waals surface area contributed by atoms with Crippen molar-refractivity contribution >= 4 is 46.5 Å². The maximum absolute atomic E-state index is 13.3. The van der Waals surface area contributed by atoms with E-state index in [-0.39, 0.29) is 80.7 Å². The molecule has 10 N–H and O–H groups in total. The number of carbonyl (C=O) groups is 7. The minimum atomic E-state index is -1.94. The van der Waals surface area contributed by atoms with Crippen LogP contribution in [0.2, 0.25) is 0 Å². The van der Waals surface area contributed by atoms with E-state index < -0.39 is 128 Å². The fourth-order valence-electron chi connectivity index (χ4n) is 9.11. The number of esters is 1. The van der Waals surface area contributed by atoms with Crippen molar-refractivity contribution in [3.63, 3.8) is 0 Å². The normalized spacial score (nSPS) is 33.1. The summed E-state index contributed by atoms with van der Waals surface area (Å²) in [7, 11) is 0. The van der Waals surface area contributed by atoms with E-state index in [1.165, 1.54) is 19.1 Å². The molecular formula is C59H81NO18. The number of rotatable bonds is 10. The summed E-state index contributed by atoms with van der Waals surface area (Å²) >= 11 is 0. The van der Waals surface area contributed by atoms with Gasteiger partial charge in [0.15, 0.2) is 24.0 Å². The molecule has 2 aliphatic heterocycles. The zero-order valence-corrected chi connectivity index (χ0v) is 45.0. The van der Waals surface area contributed by atoms with Gasteiger partial charge in [-0.3, -0.25) is 33.6 Å². The molecule has 1 aromatic rings. The lowest BCUT2D eigenvalue weighted by atomic mass is 9.83. The smallest absolute Gasteiger partial charge is 0.313 e. The van der Waals surface area contributed by atoms with Gasteiger partial charge in [0.05, 0.1) is 42.7 Å². The first kappa shape index (κ1) is 66.4. The van der Waals surface area contributed by atoms with Gasteiger partial charge in [0.1, 0.15) is 41.9 Å². The molecule has 15 atom stereocenters. The van der Waals surface area contributed by atoms with Crippen LogP contribution in [0.3, 0.4) is 0 Å². The number of anilines is 1. The summed E-state index contributed by atoms with van der Waals surface area (Å²) in [6.45, 7) is 6.93. The summed E-state index contributed by atoms with van der Waals surface area (Å²) in [6, 6.07) is 6.43. The third-order valence-corrected chi connectivity index (χ3v) is 13.6. The Bertz CT molecular complexity index is 2320. The SMILES string of the molecule is CC1/C=C/C=C/C=C/C=C/C=C/C=C/C=C/C(OC2OC(C)C(O)C(=O)C2O)CC(O)C(C(=O)O)C(O)CC(=O)CC(O)CC(O)CCCC(=O)CCCC(=O)CC(=O)OC1C(C)CC(C)C(O)CC(=O)c1ccc(N)cc1. The first-order chi connectivity index (χ1) is 37.0. The van der Waals surface area contributed by atoms with Crippen molar-refractivity contribution in [1.82, 2.24) is 0 Å². The molecule has 430 valence electrons. The Morgan fingerprint density at radius 1 is 0.692 bits per heavy atom. The molecule has 0 aliphatic carbocycles. The van der Waals surface area contributed by atoms with Crippen LogP contribution in [0.25, 0.3) is 0 Å². The average molecular weight is 1090 g/mol. The molecule has 2 aliphatic rings. The van der Waals surface area contributed by atoms with Crippen molar-refractivity contribution in [2.24, 2.45) is 23.7 Å². The Kier molecular flexibility index (Phi) is 29.7. The highest BCUT2D eigenvalue weighted by atomic mass is 16.7. The van der Waals surface area contributed by atoms with Gasteiger partial charge in [-0.15, -0.1) is 0 Å². The van der Waals surface area contributed by atoms with E-state index in [0.29, 0.717) is 17.7 Å². The maximum atomic E-state index is 13.3. The van der Waals surface area contributed by atoms with Gasteiger partial charge in [-0.25, -0.2) is 0 Å². The monoisotopic (exact) mass is 1090 g/mol. The molecule has 1 saturated heterocycles. The van der Waals surface area contributed by atoms with E-state index in [9.17, 15) is 74.4 Å². The minimum absolute atomic E-state index is 0.0338. The lowest BCUT2D eigenvalue weighted by Gasteiger charge is -2.36. The summed E-state index contributed by atoms with van der Waals surface area (Å²) in [5.74, 6) is -7.97. The highest BCUT2D eigenvalue weighted by molar-refractivity contribution is 5.97. The van der Waals surface area contributed by atoms with Crippen LogP contribution in [0.15, 0.2) is 109 Å². The number of benzene rings is 1. The van der Waals surface area contributed by atoms with E-state index in [0.717, 1.165) is 0 Å². The summed E-state index contributed by atoms with van der Waals surface area (Å²) in [5.41, 5.74) is 6.69. The van der Waals surface area contributed by atoms with Crippen molar-refractivity contribution in [3.05, 3.63) is 115 Å². The van der Waals surface area contributed by atoms with Gasteiger partial charge in [0, 0.05) is 62.1 Å². The second-order valence-corrected chi connectivity index (χ2v) is 20.4. The van der Waals surface area contributed by atoms with Gasteiger partial charge in [0.25, 0.3) is 0 Å². The van der Waals surface area contributed by atoms with Crippen LogP contribution in [0.5, 0.6) is 0 Å². The molecule has 15 unspecified atom stereocenters. The molecule has 0 aromatic heterocycles. The maximum Gasteiger partial charge on any atom is 0.313 e. The van der Waals surface area contributed by atoms with Crippen molar-refractivity contribution in [3.8, 4) is 0 Å². The van der Waals surface area contributed by atoms with E-state index >= 15 is 0 Å². The van der Waals surface area contributed by atoms with E-state index in [4.69, 9.17) is 19.9 Å². The summed E-state index contributed by atoms with van der Waals surface area (Å²) < 4.78 is 17.3. The van der Waals surface area contributed by atoms with Crippen molar-refractivity contribution in [2.75, 3.05) is 5.73 Å². The van der Waals surface area contributed by atoms with E-state index in [1.54, 1.807) is 91.1 Å². The number of aliphatic hydroxyl groups excluding tert-OH is 7. The number of allylic oxidation sites excluding steroid dienone is 12. The predicted octanol–water partition coefficient (Wildman–Crippen LogP) is 4.88. The Balaban J connectivity index is 1.81. The number of hydrogen-bond donors (Lipinski definition) is 9. The van der Waals surface area contributed by atoms with Crippen LogP contribution in [-0.2, 0) is 43.0 Å². The van der Waals surface area contributed by atoms with E-state index in [2.05, 4.69) is 0 Å². The van der Waals surface area contributed by atoms with Gasteiger partial charge in [-0.1, -0.05) is 106 Å². The van der Waals surface area contributed by atoms with E-state index in [1.807, 2.05) is 26.8 Å². The van der Waals surface area contributed by atoms with Gasteiger partial charge < -0.3 is 60.8 Å². The molecular weight excluding hydrogens is 1010 g/mol. The Morgan fingerprint density at radius 3 is 1.86 bits per heavy atom. The summed E-state index contributed by atoms with van der Waals surface area (Å²) in [6.07, 6.45) is 6.24. The Hall–Kier alpha value is -5.87. The number of ether oxygens (including phenoxy) is 3. The van der Waals surface area contributed by atoms with Crippen LogP contribution in [0.4, 0.5) is 5.69 Å². The lowest BCUT2D eigenvalue weighted by Crippen LogP contribution is -2.55. The van der Waals surface area contributed by atoms with Crippen LogP contribution in [-0.4, -0.2) is 149 Å². The zero-order chi connectivity index (χ0) is 57.9. The van der Waals surface area contributed by atoms with Gasteiger partial charge in [-0.2, -0.15) is 0 Å². The standard InChI is InChI=1S/C59H81NO18/c1-36-19-15-13-11-9-7-5-6-8-10-12-14-16-24-47(77-59-56(73)55(72)54(71)39(4)76-59)34-51(69)53(58(74)75)50(68)32-46(65)31-45(64)30-43(62)22-17-20-42(61)21-18-23-44(63)33-52(70)78-57(36)38(3)29-37(2)48(66)35-49(67)40-25-27-41(60)28-26-40/h5-16,19,24-28,36-39,43,45,47-48,50-51,53-54,56-57,59,62,64,66,68-69,71,73H,17-18,20-23,29-35,60H2,1-4H3,(H,74,75)/b6-5+,9-7+,10-8+,13-11+,14-12+,19-15+,24-16+. The predicted molar refractivity (Wildman–Crippen MR) is 289 cm³/mol. The molecule has 0 bridgehead atoms. The summed E-state index contributed by atoms with van der Waals surface area (Å²) in [5, 5.41) is 84.9. The zero-order valence-electron chi connectivity index (χ0n) is 45.0. The first-order valence-corrected chi connectivity index (χ1v) is 26.6. The number of carboxylic acids is 1. The molecule has 0 amide bonds. The molecule has 0 radical (unpaired) electrons. The molecule has 0 spiro atoms. The Morgan fingerprint density at radius 2 is 1.26 bits per heavy atom. The molecule has 3 rings (SSSR count). The third kappa shape index (κ3) is 24.4. The number of Topliss-reactive ketones (excluding diaryl/α,β-unsaturated/α-hetero) is 5. The van der Waals surface area contributed by atoms with Crippen LogP contribution in [0.1, 0.15) is 122 Å². The number of hydrogen-bond acceptors (Lipinski definition) is 18. The number of nitrogens with two attached hydrogens (primary N) is 1. The molecule has 1 aromatic carbocycles. The fraction of sp³-hybridized carbons (Fsp3) is 0.542. The number of nitrogen functional groups attached to an aromatic ring is 1. The lowest BCUT2D eigenvalue weighted by molar-refractivity contribution is -0.258. The quantitative estimate of drug-likeness (QED) is 0.0652. The van der Waals surface area contributed by atoms with Crippen molar-refractivity contribution < 1.29 is 88.6 Å². The van der Waals surface area contributed by atoms with Crippen molar-refractivity contribution in [1.29, 1.82) is 0 Å². The largest absolute Gasteiger partial charge is 0.481 e. The molecule has 2 heterocycles. The van der Waals surface area contributed by atoms with Crippen LogP contribution < -0.4 is 5.73 Å². The van der Waals surface area contributed by atoms with Crippen LogP contribution >= 0.6 is 0 Å². The molecule has 19 heteroatoms.